The van der Waals surface area contributed by atoms with E-state index in [1.165, 1.54) is 12.4 Å². The van der Waals surface area contributed by atoms with Crippen LogP contribution in [0.2, 0.25) is 5.02 Å². The lowest BCUT2D eigenvalue weighted by Crippen LogP contribution is -2.36. The summed E-state index contributed by atoms with van der Waals surface area (Å²) in [5.74, 6) is 0.199. The van der Waals surface area contributed by atoms with Crippen molar-refractivity contribution in [3.63, 3.8) is 0 Å². The molecule has 0 saturated carbocycles. The molecule has 2 aromatic heterocycles. The van der Waals surface area contributed by atoms with Crippen LogP contribution in [0, 0.1) is 5.82 Å². The second kappa shape index (κ2) is 11.4. The molecule has 1 N–H and O–H groups in total. The van der Waals surface area contributed by atoms with E-state index in [4.69, 9.17) is 30.5 Å². The number of halogens is 2. The zero-order valence-electron chi connectivity index (χ0n) is 22.1. The first-order valence-corrected chi connectivity index (χ1v) is 13.3. The van der Waals surface area contributed by atoms with Crippen molar-refractivity contribution >= 4 is 40.2 Å². The third-order valence-corrected chi connectivity index (χ3v) is 6.64. The third kappa shape index (κ3) is 6.59. The predicted octanol–water partition coefficient (Wildman–Crippen LogP) is 5.51. The fraction of sp³-hybridized carbons (Fsp3) is 0.481. The number of fused-ring (bicyclic) bond motifs is 1. The van der Waals surface area contributed by atoms with Gasteiger partial charge in [0, 0.05) is 25.6 Å². The van der Waals surface area contributed by atoms with Crippen LogP contribution in [0.4, 0.5) is 20.7 Å². The minimum absolute atomic E-state index is 0.0126. The lowest BCUT2D eigenvalue weighted by atomic mass is 10.2. The summed E-state index contributed by atoms with van der Waals surface area (Å²) in [5.41, 5.74) is 0.484. The van der Waals surface area contributed by atoms with Crippen molar-refractivity contribution < 1.29 is 28.1 Å². The number of benzene rings is 1. The molecule has 0 aliphatic carbocycles. The van der Waals surface area contributed by atoms with Crippen molar-refractivity contribution in [2.75, 3.05) is 31.6 Å². The first kappa shape index (κ1) is 27.1. The van der Waals surface area contributed by atoms with Gasteiger partial charge < -0.3 is 29.2 Å². The molecule has 2 aliphatic heterocycles. The van der Waals surface area contributed by atoms with Gasteiger partial charge in [0.25, 0.3) is 0 Å². The van der Waals surface area contributed by atoms with Gasteiger partial charge >= 0.3 is 6.09 Å². The molecule has 0 bridgehead atoms. The maximum atomic E-state index is 15.2. The molecule has 10 nitrogen and oxygen atoms in total. The van der Waals surface area contributed by atoms with E-state index in [1.807, 2.05) is 20.8 Å². The lowest BCUT2D eigenvalue weighted by molar-refractivity contribution is 0.0275. The highest BCUT2D eigenvalue weighted by molar-refractivity contribution is 6.32. The summed E-state index contributed by atoms with van der Waals surface area (Å²) in [4.78, 5) is 27.1. The number of nitrogens with one attached hydrogen (secondary N) is 1. The van der Waals surface area contributed by atoms with Crippen molar-refractivity contribution in [2.24, 2.45) is 0 Å². The summed E-state index contributed by atoms with van der Waals surface area (Å²) in [6, 6.07) is 6.58. The lowest BCUT2D eigenvalue weighted by Gasteiger charge is -2.24. The number of likely N-dealkylation sites (tertiary alicyclic amines) is 1. The third-order valence-electron chi connectivity index (χ3n) is 6.29. The van der Waals surface area contributed by atoms with Gasteiger partial charge in [-0.3, -0.25) is 0 Å². The normalized spacial score (nSPS) is 19.4. The molecule has 0 unspecified atom stereocenters. The van der Waals surface area contributed by atoms with E-state index in [1.54, 1.807) is 23.1 Å². The Kier molecular flexibility index (Phi) is 7.90. The van der Waals surface area contributed by atoms with Crippen LogP contribution in [0.3, 0.4) is 0 Å². The van der Waals surface area contributed by atoms with E-state index in [2.05, 4.69) is 20.3 Å². The Balaban J connectivity index is 1.28. The van der Waals surface area contributed by atoms with Gasteiger partial charge in [0.1, 0.15) is 40.9 Å². The van der Waals surface area contributed by atoms with Gasteiger partial charge in [-0.2, -0.15) is 0 Å². The number of nitrogens with zero attached hydrogens (tertiary/aromatic N) is 4. The molecule has 1 amide bonds. The molecule has 2 fully saturated rings. The monoisotopic (exact) mass is 559 g/mol. The van der Waals surface area contributed by atoms with Crippen molar-refractivity contribution in [1.82, 2.24) is 19.9 Å². The quantitative estimate of drug-likeness (QED) is 0.401. The van der Waals surface area contributed by atoms with Crippen molar-refractivity contribution in [1.29, 1.82) is 0 Å². The molecule has 0 radical (unpaired) electrons. The Labute approximate surface area is 230 Å². The Morgan fingerprint density at radius 3 is 2.85 bits per heavy atom. The maximum absolute atomic E-state index is 15.2. The highest BCUT2D eigenvalue weighted by Crippen LogP contribution is 2.35. The van der Waals surface area contributed by atoms with Crippen LogP contribution in [0.5, 0.6) is 11.6 Å². The van der Waals surface area contributed by atoms with Gasteiger partial charge in [-0.25, -0.2) is 24.1 Å². The second-order valence-corrected chi connectivity index (χ2v) is 10.9. The Hall–Kier alpha value is -3.44. The van der Waals surface area contributed by atoms with Crippen LogP contribution in [0.15, 0.2) is 30.6 Å². The first-order valence-electron chi connectivity index (χ1n) is 12.9. The molecule has 4 heterocycles. The van der Waals surface area contributed by atoms with E-state index >= 15 is 4.39 Å². The molecule has 0 spiro atoms. The topological polar surface area (TPSA) is 108 Å². The van der Waals surface area contributed by atoms with Crippen LogP contribution < -0.4 is 14.8 Å². The van der Waals surface area contributed by atoms with Crippen molar-refractivity contribution in [2.45, 2.75) is 57.8 Å². The molecule has 208 valence electrons. The zero-order chi connectivity index (χ0) is 27.6. The summed E-state index contributed by atoms with van der Waals surface area (Å²) < 4.78 is 37.9. The zero-order valence-corrected chi connectivity index (χ0v) is 22.8. The highest BCUT2D eigenvalue weighted by Gasteiger charge is 2.31. The Bertz CT molecular complexity index is 1350. The fourth-order valence-corrected chi connectivity index (χ4v) is 4.61. The number of amides is 1. The average Bonchev–Trinajstić information content (AvgIpc) is 3.58. The maximum Gasteiger partial charge on any atom is 0.410 e. The highest BCUT2D eigenvalue weighted by atomic mass is 35.5. The molecule has 1 aromatic carbocycles. The largest absolute Gasteiger partial charge is 0.489 e. The standard InChI is InChI=1S/C27H31ClFN5O5/c1-27(2,3)39-26(35)34-11-10-16(13-34)38-21-9-7-19-24(33-21)25(31-15-30-19)32-18-6-8-20(22(28)23(18)29)37-14-17-5-4-12-36-17/h6-9,15-17H,4-5,10-14H2,1-3H3,(H,30,31,32)/t16-,17-/m0/s1. The SMILES string of the molecule is CC(C)(C)OC(=O)N1CC[C@H](Oc2ccc3ncnc(Nc4ccc(OC[C@@H]5CCCO5)c(Cl)c4F)c3n2)C1. The minimum atomic E-state index is -0.672. The molecule has 39 heavy (non-hydrogen) atoms. The minimum Gasteiger partial charge on any atom is -0.489 e. The molecule has 2 atom stereocenters. The molecule has 2 aliphatic rings. The molecular weight excluding hydrogens is 529 g/mol. The van der Waals surface area contributed by atoms with Crippen LogP contribution in [0.1, 0.15) is 40.0 Å². The van der Waals surface area contributed by atoms with E-state index in [-0.39, 0.29) is 40.6 Å². The summed E-state index contributed by atoms with van der Waals surface area (Å²) in [6.45, 7) is 7.42. The van der Waals surface area contributed by atoms with Gasteiger partial charge in [-0.15, -0.1) is 0 Å². The molecular formula is C27H31ClFN5O5. The van der Waals surface area contributed by atoms with Gasteiger partial charge in [0.05, 0.1) is 23.9 Å². The number of hydrogen-bond acceptors (Lipinski definition) is 9. The fourth-order valence-electron chi connectivity index (χ4n) is 4.39. The number of hydrogen-bond donors (Lipinski definition) is 1. The molecule has 2 saturated heterocycles. The Morgan fingerprint density at radius 1 is 1.23 bits per heavy atom. The van der Waals surface area contributed by atoms with Crippen molar-refractivity contribution in [3.8, 4) is 11.6 Å². The molecule has 5 rings (SSSR count). The van der Waals surface area contributed by atoms with Gasteiger partial charge in [-0.05, 0) is 51.8 Å². The van der Waals surface area contributed by atoms with Crippen LogP contribution in [-0.4, -0.2) is 70.1 Å². The average molecular weight is 560 g/mol. The number of ether oxygens (including phenoxy) is 4. The van der Waals surface area contributed by atoms with E-state index in [0.29, 0.717) is 49.6 Å². The van der Waals surface area contributed by atoms with Crippen LogP contribution >= 0.6 is 11.6 Å². The predicted molar refractivity (Wildman–Crippen MR) is 143 cm³/mol. The van der Waals surface area contributed by atoms with Gasteiger partial charge in [-0.1, -0.05) is 11.6 Å². The number of carbonyl (C=O) groups is 1. The van der Waals surface area contributed by atoms with E-state index in [0.717, 1.165) is 12.8 Å². The molecule has 3 aromatic rings. The molecule has 12 heteroatoms. The van der Waals surface area contributed by atoms with Crippen LogP contribution in [-0.2, 0) is 9.47 Å². The summed E-state index contributed by atoms with van der Waals surface area (Å²) in [7, 11) is 0. The summed E-state index contributed by atoms with van der Waals surface area (Å²) >= 11 is 6.27. The smallest absolute Gasteiger partial charge is 0.410 e. The van der Waals surface area contributed by atoms with E-state index < -0.39 is 11.4 Å². The number of pyridine rings is 1. The second-order valence-electron chi connectivity index (χ2n) is 10.5. The summed E-state index contributed by atoms with van der Waals surface area (Å²) in [5, 5.41) is 2.83. The number of carbonyl (C=O) groups excluding carboxylic acids is 1. The van der Waals surface area contributed by atoms with Gasteiger partial charge in [0.2, 0.25) is 5.88 Å². The van der Waals surface area contributed by atoms with Gasteiger partial charge in [0.15, 0.2) is 11.6 Å². The summed E-state index contributed by atoms with van der Waals surface area (Å²) in [6.07, 6.45) is 3.26. The van der Waals surface area contributed by atoms with Crippen LogP contribution in [0.25, 0.3) is 11.0 Å². The number of anilines is 2. The number of rotatable bonds is 7. The van der Waals surface area contributed by atoms with E-state index in [9.17, 15) is 4.79 Å². The first-order chi connectivity index (χ1) is 18.7. The van der Waals surface area contributed by atoms with Crippen molar-refractivity contribution in [3.05, 3.63) is 41.4 Å². The number of aromatic nitrogens is 3. The Morgan fingerprint density at radius 2 is 2.08 bits per heavy atom.